The number of nitrogens with zero attached hydrogens (tertiary/aromatic N) is 2. The molecule has 0 bridgehead atoms. The molecule has 2 atom stereocenters. The van der Waals surface area contributed by atoms with Gasteiger partial charge in [-0.2, -0.15) is 0 Å². The van der Waals surface area contributed by atoms with Crippen molar-refractivity contribution in [2.75, 3.05) is 38.2 Å². The number of ether oxygens (including phenoxy) is 1. The van der Waals surface area contributed by atoms with E-state index in [0.717, 1.165) is 24.4 Å². The molecule has 2 aliphatic heterocycles. The SMILES string of the molecule is COc1cccc(C(CNC(=O)C2CC(=O)N(c3ccccc3Cl)C2)N2CCCC2)c1. The fourth-order valence-corrected chi connectivity index (χ4v) is 4.73. The summed E-state index contributed by atoms with van der Waals surface area (Å²) >= 11 is 6.25. The molecule has 2 aliphatic rings. The van der Waals surface area contributed by atoms with E-state index in [1.165, 1.54) is 12.8 Å². The van der Waals surface area contributed by atoms with Gasteiger partial charge in [-0.3, -0.25) is 14.5 Å². The highest BCUT2D eigenvalue weighted by molar-refractivity contribution is 6.33. The first-order chi connectivity index (χ1) is 15.1. The number of rotatable bonds is 7. The zero-order valence-corrected chi connectivity index (χ0v) is 18.5. The number of nitrogens with one attached hydrogen (secondary N) is 1. The second kappa shape index (κ2) is 9.71. The van der Waals surface area contributed by atoms with Crippen LogP contribution in [-0.4, -0.2) is 50.0 Å². The second-order valence-electron chi connectivity index (χ2n) is 8.14. The van der Waals surface area contributed by atoms with Gasteiger partial charge in [-0.1, -0.05) is 35.9 Å². The van der Waals surface area contributed by atoms with Crippen LogP contribution < -0.4 is 15.0 Å². The lowest BCUT2D eigenvalue weighted by Crippen LogP contribution is -2.40. The molecular formula is C24H28ClN3O3. The normalized spacial score (nSPS) is 20.1. The molecule has 2 aromatic rings. The van der Waals surface area contributed by atoms with E-state index in [-0.39, 0.29) is 30.2 Å². The Bertz CT molecular complexity index is 945. The third-order valence-corrected chi connectivity index (χ3v) is 6.49. The first-order valence-electron chi connectivity index (χ1n) is 10.8. The van der Waals surface area contributed by atoms with Crippen molar-refractivity contribution < 1.29 is 14.3 Å². The number of hydrogen-bond acceptors (Lipinski definition) is 4. The maximum Gasteiger partial charge on any atom is 0.227 e. The van der Waals surface area contributed by atoms with Gasteiger partial charge in [-0.15, -0.1) is 0 Å². The minimum atomic E-state index is -0.381. The summed E-state index contributed by atoms with van der Waals surface area (Å²) in [5.74, 6) is 0.269. The topological polar surface area (TPSA) is 61.9 Å². The van der Waals surface area contributed by atoms with Crippen molar-refractivity contribution in [2.45, 2.75) is 25.3 Å². The lowest BCUT2D eigenvalue weighted by atomic mass is 10.0. The van der Waals surface area contributed by atoms with Crippen molar-refractivity contribution in [3.63, 3.8) is 0 Å². The van der Waals surface area contributed by atoms with E-state index in [1.807, 2.05) is 36.4 Å². The Morgan fingerprint density at radius 1 is 1.19 bits per heavy atom. The zero-order chi connectivity index (χ0) is 21.8. The van der Waals surface area contributed by atoms with Gasteiger partial charge in [-0.25, -0.2) is 0 Å². The van der Waals surface area contributed by atoms with Crippen LogP contribution in [0.5, 0.6) is 5.75 Å². The molecular weight excluding hydrogens is 414 g/mol. The quantitative estimate of drug-likeness (QED) is 0.712. The number of amides is 2. The molecule has 4 rings (SSSR count). The monoisotopic (exact) mass is 441 g/mol. The first kappa shape index (κ1) is 21.7. The minimum absolute atomic E-state index is 0.0721. The van der Waals surface area contributed by atoms with E-state index >= 15 is 0 Å². The molecule has 2 fully saturated rings. The smallest absolute Gasteiger partial charge is 0.227 e. The highest BCUT2D eigenvalue weighted by atomic mass is 35.5. The van der Waals surface area contributed by atoms with Gasteiger partial charge in [0.2, 0.25) is 11.8 Å². The van der Waals surface area contributed by atoms with Crippen LogP contribution in [0.2, 0.25) is 5.02 Å². The number of carbonyl (C=O) groups is 2. The van der Waals surface area contributed by atoms with Crippen molar-refractivity contribution >= 4 is 29.1 Å². The molecule has 2 unspecified atom stereocenters. The largest absolute Gasteiger partial charge is 0.497 e. The number of para-hydroxylation sites is 1. The molecule has 0 aromatic heterocycles. The average Bonchev–Trinajstić information content (AvgIpc) is 3.44. The number of halogens is 1. The lowest BCUT2D eigenvalue weighted by molar-refractivity contribution is -0.126. The highest BCUT2D eigenvalue weighted by Gasteiger charge is 2.36. The predicted octanol–water partition coefficient (Wildman–Crippen LogP) is 3.65. The summed E-state index contributed by atoms with van der Waals surface area (Å²) in [6.45, 7) is 2.88. The van der Waals surface area contributed by atoms with E-state index < -0.39 is 0 Å². The molecule has 2 heterocycles. The van der Waals surface area contributed by atoms with Crippen LogP contribution in [0.15, 0.2) is 48.5 Å². The van der Waals surface area contributed by atoms with Crippen LogP contribution in [0.3, 0.4) is 0 Å². The summed E-state index contributed by atoms with van der Waals surface area (Å²) in [5.41, 5.74) is 1.79. The standard InChI is InChI=1S/C24H28ClN3O3/c1-31-19-8-6-7-17(13-19)22(27-11-4-5-12-27)15-26-24(30)18-14-23(29)28(16-18)21-10-3-2-9-20(21)25/h2-3,6-10,13,18,22H,4-5,11-12,14-16H2,1H3,(H,26,30). The van der Waals surface area contributed by atoms with Crippen LogP contribution in [0, 0.1) is 5.92 Å². The third kappa shape index (κ3) is 4.86. The maximum atomic E-state index is 13.0. The van der Waals surface area contributed by atoms with Crippen LogP contribution in [-0.2, 0) is 9.59 Å². The van der Waals surface area contributed by atoms with Gasteiger partial charge in [0.05, 0.1) is 29.8 Å². The van der Waals surface area contributed by atoms with E-state index in [0.29, 0.717) is 23.8 Å². The molecule has 0 spiro atoms. The third-order valence-electron chi connectivity index (χ3n) is 6.17. The molecule has 7 heteroatoms. The number of methoxy groups -OCH3 is 1. The molecule has 0 radical (unpaired) electrons. The van der Waals surface area contributed by atoms with Crippen molar-refractivity contribution in [3.05, 3.63) is 59.1 Å². The summed E-state index contributed by atoms with van der Waals surface area (Å²) in [7, 11) is 1.66. The Morgan fingerprint density at radius 2 is 1.97 bits per heavy atom. The maximum absolute atomic E-state index is 13.0. The van der Waals surface area contributed by atoms with Crippen LogP contribution >= 0.6 is 11.6 Å². The van der Waals surface area contributed by atoms with Gasteiger partial charge >= 0.3 is 0 Å². The molecule has 1 N–H and O–H groups in total. The Morgan fingerprint density at radius 3 is 2.71 bits per heavy atom. The lowest BCUT2D eigenvalue weighted by Gasteiger charge is -2.29. The Kier molecular flexibility index (Phi) is 6.78. The van der Waals surface area contributed by atoms with Crippen molar-refractivity contribution in [1.82, 2.24) is 10.2 Å². The molecule has 31 heavy (non-hydrogen) atoms. The second-order valence-corrected chi connectivity index (χ2v) is 8.54. The van der Waals surface area contributed by atoms with Gasteiger partial charge < -0.3 is 15.0 Å². The number of hydrogen-bond donors (Lipinski definition) is 1. The first-order valence-corrected chi connectivity index (χ1v) is 11.1. The number of likely N-dealkylation sites (tertiary alicyclic amines) is 1. The van der Waals surface area contributed by atoms with E-state index in [9.17, 15) is 9.59 Å². The van der Waals surface area contributed by atoms with Gasteiger partial charge in [0.1, 0.15) is 5.75 Å². The molecule has 6 nitrogen and oxygen atoms in total. The van der Waals surface area contributed by atoms with E-state index in [1.54, 1.807) is 18.1 Å². The number of anilines is 1. The highest BCUT2D eigenvalue weighted by Crippen LogP contribution is 2.31. The van der Waals surface area contributed by atoms with Crippen LogP contribution in [0.4, 0.5) is 5.69 Å². The van der Waals surface area contributed by atoms with E-state index in [2.05, 4.69) is 16.3 Å². The fraction of sp³-hybridized carbons (Fsp3) is 0.417. The van der Waals surface area contributed by atoms with Crippen molar-refractivity contribution in [1.29, 1.82) is 0 Å². The summed E-state index contributed by atoms with van der Waals surface area (Å²) in [5, 5.41) is 3.63. The molecule has 2 saturated heterocycles. The van der Waals surface area contributed by atoms with Crippen LogP contribution in [0.25, 0.3) is 0 Å². The number of carbonyl (C=O) groups excluding carboxylic acids is 2. The molecule has 164 valence electrons. The Balaban J connectivity index is 1.43. The summed E-state index contributed by atoms with van der Waals surface area (Å²) in [6.07, 6.45) is 2.53. The van der Waals surface area contributed by atoms with Gasteiger partial charge in [0.25, 0.3) is 0 Å². The van der Waals surface area contributed by atoms with Crippen molar-refractivity contribution in [3.8, 4) is 5.75 Å². The zero-order valence-electron chi connectivity index (χ0n) is 17.7. The molecule has 0 saturated carbocycles. The summed E-state index contributed by atoms with van der Waals surface area (Å²) in [6, 6.07) is 15.3. The van der Waals surface area contributed by atoms with E-state index in [4.69, 9.17) is 16.3 Å². The van der Waals surface area contributed by atoms with Crippen molar-refractivity contribution in [2.24, 2.45) is 5.92 Å². The van der Waals surface area contributed by atoms with Gasteiger partial charge in [0, 0.05) is 19.5 Å². The average molecular weight is 442 g/mol. The Hall–Kier alpha value is -2.57. The van der Waals surface area contributed by atoms with Crippen LogP contribution in [0.1, 0.15) is 30.9 Å². The van der Waals surface area contributed by atoms with Gasteiger partial charge in [0.15, 0.2) is 0 Å². The Labute approximate surface area is 188 Å². The fourth-order valence-electron chi connectivity index (χ4n) is 4.49. The number of benzene rings is 2. The van der Waals surface area contributed by atoms with Gasteiger partial charge in [-0.05, 0) is 55.8 Å². The summed E-state index contributed by atoms with van der Waals surface area (Å²) < 4.78 is 5.39. The minimum Gasteiger partial charge on any atom is -0.497 e. The molecule has 0 aliphatic carbocycles. The summed E-state index contributed by atoms with van der Waals surface area (Å²) in [4.78, 5) is 29.5. The molecule has 2 aromatic carbocycles. The molecule has 2 amide bonds. The predicted molar refractivity (Wildman–Crippen MR) is 121 cm³/mol.